The number of fused-ring (bicyclic) bond motifs is 6. The lowest BCUT2D eigenvalue weighted by Gasteiger charge is -2.37. The quantitative estimate of drug-likeness (QED) is 0.495. The molecular formula is C25H21NO5. The van der Waals surface area contributed by atoms with Crippen LogP contribution in [0, 0.1) is 0 Å². The van der Waals surface area contributed by atoms with Gasteiger partial charge in [0.1, 0.15) is 17.2 Å². The van der Waals surface area contributed by atoms with Gasteiger partial charge in [0.05, 0.1) is 11.1 Å². The Hall–Kier alpha value is -3.80. The number of phenols is 1. The number of benzene rings is 3. The van der Waals surface area contributed by atoms with Crippen molar-refractivity contribution in [2.24, 2.45) is 0 Å². The predicted molar refractivity (Wildman–Crippen MR) is 115 cm³/mol. The van der Waals surface area contributed by atoms with Crippen LogP contribution in [0.5, 0.6) is 17.2 Å². The van der Waals surface area contributed by atoms with Crippen molar-refractivity contribution in [3.05, 3.63) is 82.4 Å². The van der Waals surface area contributed by atoms with Gasteiger partial charge in [-0.15, -0.1) is 0 Å². The van der Waals surface area contributed by atoms with E-state index < -0.39 is 11.6 Å². The summed E-state index contributed by atoms with van der Waals surface area (Å²) >= 11 is 0. The van der Waals surface area contributed by atoms with E-state index in [9.17, 15) is 14.7 Å². The van der Waals surface area contributed by atoms with Crippen LogP contribution in [0.4, 0.5) is 5.69 Å². The van der Waals surface area contributed by atoms with Crippen molar-refractivity contribution in [3.63, 3.8) is 0 Å². The molecule has 156 valence electrons. The fourth-order valence-electron chi connectivity index (χ4n) is 4.63. The van der Waals surface area contributed by atoms with Crippen LogP contribution in [0.1, 0.15) is 51.3 Å². The van der Waals surface area contributed by atoms with E-state index in [0.29, 0.717) is 34.3 Å². The standard InChI is InChI=1S/C25H21NO5/c1-3-26(4-2)15-9-10-19-22(13-15)30-23-17(14-27)21(28)12-11-20(23)25(19)18-8-6-5-7-16(18)24(29)31-25/h5-14,28H,3-4H2,1-2H3. The molecule has 2 aliphatic heterocycles. The predicted octanol–water partition coefficient (Wildman–Crippen LogP) is 4.62. The Labute approximate surface area is 179 Å². The molecule has 1 spiro atoms. The number of ether oxygens (including phenoxy) is 2. The van der Waals surface area contributed by atoms with Gasteiger partial charge in [-0.2, -0.15) is 0 Å². The molecule has 0 aromatic heterocycles. The summed E-state index contributed by atoms with van der Waals surface area (Å²) in [6.07, 6.45) is 0.559. The molecule has 0 aliphatic carbocycles. The monoisotopic (exact) mass is 415 g/mol. The lowest BCUT2D eigenvalue weighted by atomic mass is 9.77. The van der Waals surface area contributed by atoms with Crippen molar-refractivity contribution < 1.29 is 24.2 Å². The molecule has 6 nitrogen and oxygen atoms in total. The number of rotatable bonds is 4. The van der Waals surface area contributed by atoms with Crippen molar-refractivity contribution >= 4 is 17.9 Å². The molecule has 6 heteroatoms. The number of hydrogen-bond donors (Lipinski definition) is 1. The zero-order valence-corrected chi connectivity index (χ0v) is 17.2. The summed E-state index contributed by atoms with van der Waals surface area (Å²) in [6, 6.07) is 16.1. The molecule has 1 N–H and O–H groups in total. The van der Waals surface area contributed by atoms with Gasteiger partial charge in [0, 0.05) is 41.5 Å². The maximum absolute atomic E-state index is 12.9. The largest absolute Gasteiger partial charge is 0.507 e. The third-order valence-electron chi connectivity index (χ3n) is 6.13. The van der Waals surface area contributed by atoms with Gasteiger partial charge in [0.15, 0.2) is 11.9 Å². The van der Waals surface area contributed by atoms with Crippen molar-refractivity contribution in [3.8, 4) is 17.2 Å². The van der Waals surface area contributed by atoms with E-state index in [0.717, 1.165) is 18.8 Å². The molecule has 5 rings (SSSR count). The summed E-state index contributed by atoms with van der Waals surface area (Å²) in [4.78, 5) is 26.9. The fraction of sp³-hybridized carbons (Fsp3) is 0.200. The third-order valence-corrected chi connectivity index (χ3v) is 6.13. The molecule has 2 heterocycles. The second-order valence-corrected chi connectivity index (χ2v) is 7.56. The minimum absolute atomic E-state index is 0.0243. The SMILES string of the molecule is CCN(CC)c1ccc2c(c1)Oc1c(ccc(O)c1C=O)C21OC(=O)c2ccccc21. The molecule has 0 saturated carbocycles. The van der Waals surface area contributed by atoms with Crippen LogP contribution in [-0.2, 0) is 10.3 Å². The molecule has 3 aromatic carbocycles. The zero-order valence-electron chi connectivity index (χ0n) is 17.2. The lowest BCUT2D eigenvalue weighted by Crippen LogP contribution is -2.33. The molecule has 0 amide bonds. The lowest BCUT2D eigenvalue weighted by molar-refractivity contribution is 0.0224. The van der Waals surface area contributed by atoms with Crippen LogP contribution < -0.4 is 9.64 Å². The topological polar surface area (TPSA) is 76.1 Å². The highest BCUT2D eigenvalue weighted by molar-refractivity contribution is 5.97. The number of anilines is 1. The van der Waals surface area contributed by atoms with Crippen LogP contribution in [0.25, 0.3) is 0 Å². The van der Waals surface area contributed by atoms with Gasteiger partial charge >= 0.3 is 5.97 Å². The zero-order chi connectivity index (χ0) is 21.8. The first-order chi connectivity index (χ1) is 15.0. The van der Waals surface area contributed by atoms with E-state index in [4.69, 9.17) is 9.47 Å². The first kappa shape index (κ1) is 19.2. The van der Waals surface area contributed by atoms with E-state index >= 15 is 0 Å². The van der Waals surface area contributed by atoms with Crippen molar-refractivity contribution in [2.75, 3.05) is 18.0 Å². The van der Waals surface area contributed by atoms with Crippen LogP contribution in [0.2, 0.25) is 0 Å². The average Bonchev–Trinajstić information content (AvgIpc) is 3.08. The summed E-state index contributed by atoms with van der Waals surface area (Å²) in [7, 11) is 0. The molecule has 0 saturated heterocycles. The summed E-state index contributed by atoms with van der Waals surface area (Å²) < 4.78 is 12.3. The molecule has 2 aliphatic rings. The Balaban J connectivity index is 1.85. The van der Waals surface area contributed by atoms with E-state index in [-0.39, 0.29) is 17.1 Å². The number of carbonyl (C=O) groups excluding carboxylic acids is 2. The number of carbonyl (C=O) groups is 2. The smallest absolute Gasteiger partial charge is 0.340 e. The molecule has 0 bridgehead atoms. The summed E-state index contributed by atoms with van der Waals surface area (Å²) in [5.74, 6) is 0.0478. The highest BCUT2D eigenvalue weighted by Gasteiger charge is 2.54. The molecular weight excluding hydrogens is 394 g/mol. The van der Waals surface area contributed by atoms with Gasteiger partial charge in [-0.3, -0.25) is 4.79 Å². The Kier molecular flexibility index (Phi) is 4.25. The van der Waals surface area contributed by atoms with Gasteiger partial charge in [-0.25, -0.2) is 4.79 Å². The van der Waals surface area contributed by atoms with Crippen molar-refractivity contribution in [2.45, 2.75) is 19.4 Å². The van der Waals surface area contributed by atoms with Gasteiger partial charge in [0.2, 0.25) is 0 Å². The number of nitrogens with zero attached hydrogens (tertiary/aromatic N) is 1. The summed E-state index contributed by atoms with van der Waals surface area (Å²) in [6.45, 7) is 5.76. The van der Waals surface area contributed by atoms with E-state index in [2.05, 4.69) is 18.7 Å². The van der Waals surface area contributed by atoms with Crippen LogP contribution in [0.15, 0.2) is 54.6 Å². The Morgan fingerprint density at radius 1 is 1.00 bits per heavy atom. The maximum atomic E-state index is 12.9. The van der Waals surface area contributed by atoms with Crippen LogP contribution in [0.3, 0.4) is 0 Å². The first-order valence-electron chi connectivity index (χ1n) is 10.3. The number of aromatic hydroxyl groups is 1. The molecule has 0 fully saturated rings. The molecule has 0 radical (unpaired) electrons. The highest BCUT2D eigenvalue weighted by atomic mass is 16.6. The number of phenolic OH excluding ortho intramolecular Hbond substituents is 1. The summed E-state index contributed by atoms with van der Waals surface area (Å²) in [5.41, 5.74) is 2.05. The normalized spacial score (nSPS) is 17.9. The molecule has 31 heavy (non-hydrogen) atoms. The Morgan fingerprint density at radius 3 is 2.48 bits per heavy atom. The fourth-order valence-corrected chi connectivity index (χ4v) is 4.63. The van der Waals surface area contributed by atoms with Crippen LogP contribution in [-0.4, -0.2) is 30.5 Å². The minimum Gasteiger partial charge on any atom is -0.507 e. The van der Waals surface area contributed by atoms with E-state index in [1.54, 1.807) is 18.2 Å². The van der Waals surface area contributed by atoms with E-state index in [1.807, 2.05) is 30.3 Å². The van der Waals surface area contributed by atoms with Gasteiger partial charge in [-0.1, -0.05) is 18.2 Å². The van der Waals surface area contributed by atoms with Gasteiger partial charge < -0.3 is 19.5 Å². The third kappa shape index (κ3) is 2.51. The van der Waals surface area contributed by atoms with Crippen LogP contribution >= 0.6 is 0 Å². The first-order valence-corrected chi connectivity index (χ1v) is 10.3. The second-order valence-electron chi connectivity index (χ2n) is 7.56. The second kappa shape index (κ2) is 6.87. The Morgan fingerprint density at radius 2 is 1.74 bits per heavy atom. The average molecular weight is 415 g/mol. The van der Waals surface area contributed by atoms with Gasteiger partial charge in [-0.05, 0) is 44.2 Å². The number of hydrogen-bond acceptors (Lipinski definition) is 6. The molecule has 1 unspecified atom stereocenters. The molecule has 3 aromatic rings. The number of esters is 1. The van der Waals surface area contributed by atoms with Gasteiger partial charge in [0.25, 0.3) is 0 Å². The minimum atomic E-state index is -1.26. The Bertz CT molecular complexity index is 1230. The van der Waals surface area contributed by atoms with E-state index in [1.165, 1.54) is 6.07 Å². The maximum Gasteiger partial charge on any atom is 0.340 e. The van der Waals surface area contributed by atoms with Crippen molar-refractivity contribution in [1.29, 1.82) is 0 Å². The highest BCUT2D eigenvalue weighted by Crippen LogP contribution is 2.57. The molecule has 1 atom stereocenters. The summed E-state index contributed by atoms with van der Waals surface area (Å²) in [5, 5.41) is 10.3. The number of aldehydes is 1. The van der Waals surface area contributed by atoms with Crippen molar-refractivity contribution in [1.82, 2.24) is 0 Å².